The molecule has 0 unspecified atom stereocenters. The Morgan fingerprint density at radius 2 is 1.92 bits per heavy atom. The van der Waals surface area contributed by atoms with E-state index in [2.05, 4.69) is 0 Å². The van der Waals surface area contributed by atoms with Crippen molar-refractivity contribution in [1.29, 1.82) is 0 Å². The highest BCUT2D eigenvalue weighted by Crippen LogP contribution is 2.53. The Morgan fingerprint density at radius 1 is 1.12 bits per heavy atom. The van der Waals surface area contributed by atoms with Crippen molar-refractivity contribution in [3.63, 3.8) is 0 Å². The van der Waals surface area contributed by atoms with Crippen LogP contribution in [0.5, 0.6) is 11.5 Å². The zero-order valence-electron chi connectivity index (χ0n) is 14.4. The number of benzene rings is 1. The highest BCUT2D eigenvalue weighted by molar-refractivity contribution is 6.01. The van der Waals surface area contributed by atoms with Crippen molar-refractivity contribution in [1.82, 2.24) is 0 Å². The van der Waals surface area contributed by atoms with Crippen LogP contribution in [0.25, 0.3) is 6.08 Å². The van der Waals surface area contributed by atoms with E-state index >= 15 is 0 Å². The van der Waals surface area contributed by atoms with Crippen LogP contribution in [0, 0.1) is 0 Å². The van der Waals surface area contributed by atoms with Gasteiger partial charge in [-0.25, -0.2) is 0 Å². The maximum absolute atomic E-state index is 11.6. The number of carbonyl (C=O) groups excluding carboxylic acids is 1. The number of fused-ring (bicyclic) bond motifs is 6. The van der Waals surface area contributed by atoms with Gasteiger partial charge < -0.3 is 24.4 Å². The molecule has 3 aliphatic heterocycles. The summed E-state index contributed by atoms with van der Waals surface area (Å²) in [5, 5.41) is 22.4. The van der Waals surface area contributed by atoms with Gasteiger partial charge in [-0.1, -0.05) is 6.08 Å². The topological polar surface area (TPSA) is 85.2 Å². The lowest BCUT2D eigenvalue weighted by Crippen LogP contribution is -2.61. The summed E-state index contributed by atoms with van der Waals surface area (Å²) in [6.45, 7) is 3.78. The lowest BCUT2D eigenvalue weighted by molar-refractivity contribution is -0.187. The van der Waals surface area contributed by atoms with E-state index < -0.39 is 22.9 Å². The van der Waals surface area contributed by atoms with Crippen molar-refractivity contribution in [2.24, 2.45) is 0 Å². The van der Waals surface area contributed by atoms with Crippen LogP contribution in [0.1, 0.15) is 25.0 Å². The first kappa shape index (κ1) is 15.7. The average molecular weight is 354 g/mol. The maximum atomic E-state index is 11.6. The molecular formula is C20H18O6. The molecule has 0 amide bonds. The van der Waals surface area contributed by atoms with Gasteiger partial charge in [0.05, 0.1) is 0 Å². The molecule has 26 heavy (non-hydrogen) atoms. The first-order chi connectivity index (χ1) is 12.2. The number of hydrogen-bond acceptors (Lipinski definition) is 6. The molecule has 3 heterocycles. The van der Waals surface area contributed by atoms with E-state index in [1.165, 1.54) is 18.2 Å². The molecule has 0 bridgehead atoms. The van der Waals surface area contributed by atoms with Crippen molar-refractivity contribution in [2.45, 2.75) is 36.8 Å². The lowest BCUT2D eigenvalue weighted by atomic mass is 9.76. The highest BCUT2D eigenvalue weighted by Gasteiger charge is 2.63. The minimum absolute atomic E-state index is 0.0922. The molecular weight excluding hydrogens is 336 g/mol. The van der Waals surface area contributed by atoms with Gasteiger partial charge in [0.25, 0.3) is 0 Å². The molecule has 0 radical (unpaired) electrons. The van der Waals surface area contributed by atoms with E-state index in [9.17, 15) is 15.0 Å². The van der Waals surface area contributed by atoms with Crippen molar-refractivity contribution >= 4 is 11.9 Å². The summed E-state index contributed by atoms with van der Waals surface area (Å²) in [5.74, 6) is 0.902. The molecule has 1 aliphatic carbocycles. The number of ether oxygens (including phenoxy) is 3. The quantitative estimate of drug-likeness (QED) is 0.736. The lowest BCUT2D eigenvalue weighted by Gasteiger charge is -2.45. The highest BCUT2D eigenvalue weighted by atomic mass is 16.6. The van der Waals surface area contributed by atoms with E-state index in [0.29, 0.717) is 17.1 Å². The molecule has 1 fully saturated rings. The van der Waals surface area contributed by atoms with Gasteiger partial charge >= 0.3 is 0 Å². The molecule has 6 heteroatoms. The normalized spacial score (nSPS) is 35.2. The second kappa shape index (κ2) is 4.58. The van der Waals surface area contributed by atoms with Crippen molar-refractivity contribution in [2.75, 3.05) is 6.61 Å². The number of rotatable bonds is 0. The fourth-order valence-electron chi connectivity index (χ4n) is 3.96. The van der Waals surface area contributed by atoms with E-state index in [4.69, 9.17) is 14.2 Å². The summed E-state index contributed by atoms with van der Waals surface area (Å²) in [4.78, 5) is 11.6. The summed E-state index contributed by atoms with van der Waals surface area (Å²) < 4.78 is 17.5. The Morgan fingerprint density at radius 3 is 2.73 bits per heavy atom. The molecule has 1 aromatic carbocycles. The Balaban J connectivity index is 1.63. The molecule has 6 nitrogen and oxygen atoms in total. The minimum atomic E-state index is -1.71. The maximum Gasteiger partial charge on any atom is 0.181 e. The van der Waals surface area contributed by atoms with Crippen molar-refractivity contribution < 1.29 is 29.2 Å². The van der Waals surface area contributed by atoms with Gasteiger partial charge in [-0.15, -0.1) is 0 Å². The van der Waals surface area contributed by atoms with Crippen LogP contribution in [0.15, 0.2) is 42.2 Å². The number of hydrogen-bond donors (Lipinski definition) is 2. The average Bonchev–Trinajstić information content (AvgIpc) is 2.87. The van der Waals surface area contributed by atoms with Gasteiger partial charge in [0, 0.05) is 23.3 Å². The van der Waals surface area contributed by atoms with Crippen LogP contribution in [-0.4, -0.2) is 39.9 Å². The summed E-state index contributed by atoms with van der Waals surface area (Å²) >= 11 is 0. The molecule has 4 aliphatic rings. The largest absolute Gasteiger partial charge is 0.491 e. The number of aliphatic hydroxyl groups is 2. The second-order valence-corrected chi connectivity index (χ2v) is 7.71. The van der Waals surface area contributed by atoms with Crippen molar-refractivity contribution in [3.05, 3.63) is 53.3 Å². The Kier molecular flexibility index (Phi) is 2.76. The number of carbonyl (C=O) groups is 1. The molecule has 1 aromatic rings. The SMILES string of the molecule is CC1(C)C=Cc2cc3c(cc2O1)O[C@@H]1[C@@]2(O)C=CC(=O)C=C2OC[C@]31O. The Bertz CT molecular complexity index is 940. The summed E-state index contributed by atoms with van der Waals surface area (Å²) in [6, 6.07) is 3.53. The molecule has 0 aromatic heterocycles. The van der Waals surface area contributed by atoms with Gasteiger partial charge in [0.1, 0.15) is 29.5 Å². The van der Waals surface area contributed by atoms with Gasteiger partial charge in [-0.2, -0.15) is 0 Å². The molecule has 0 spiro atoms. The molecule has 5 rings (SSSR count). The monoisotopic (exact) mass is 354 g/mol. The third-order valence-corrected chi connectivity index (χ3v) is 5.31. The van der Waals surface area contributed by atoms with Crippen LogP contribution in [0.2, 0.25) is 0 Å². The minimum Gasteiger partial charge on any atom is -0.491 e. The Labute approximate surface area is 150 Å². The molecule has 1 saturated heterocycles. The predicted octanol–water partition coefficient (Wildman–Crippen LogP) is 1.60. The standard InChI is InChI=1S/C20H18O6/c1-18(2)5-3-11-7-13-15(9-14(11)26-18)25-17-19(22)6-4-12(21)8-16(19)24-10-20(13,17)23/h3-9,17,22-23H,10H2,1-2H3/t17-,19-,20+/m1/s1. The summed E-state index contributed by atoms with van der Waals surface area (Å²) in [6.07, 6.45) is 6.68. The van der Waals surface area contributed by atoms with Crippen molar-refractivity contribution in [3.8, 4) is 11.5 Å². The zero-order chi connectivity index (χ0) is 18.3. The van der Waals surface area contributed by atoms with Gasteiger partial charge in [0.15, 0.2) is 23.1 Å². The smallest absolute Gasteiger partial charge is 0.181 e. The number of ketones is 1. The third kappa shape index (κ3) is 1.91. The summed E-state index contributed by atoms with van der Waals surface area (Å²) in [7, 11) is 0. The van der Waals surface area contributed by atoms with E-state index in [0.717, 1.165) is 5.56 Å². The number of allylic oxidation sites excluding steroid dienone is 2. The van der Waals surface area contributed by atoms with Crippen LogP contribution in [0.4, 0.5) is 0 Å². The van der Waals surface area contributed by atoms with Crippen LogP contribution in [0.3, 0.4) is 0 Å². The molecule has 2 N–H and O–H groups in total. The van der Waals surface area contributed by atoms with Crippen LogP contribution in [-0.2, 0) is 15.1 Å². The van der Waals surface area contributed by atoms with Crippen LogP contribution >= 0.6 is 0 Å². The van der Waals surface area contributed by atoms with E-state index in [1.807, 2.05) is 26.0 Å². The fourth-order valence-corrected chi connectivity index (χ4v) is 3.96. The fraction of sp³-hybridized carbons (Fsp3) is 0.350. The molecule has 3 atom stereocenters. The predicted molar refractivity (Wildman–Crippen MR) is 91.6 cm³/mol. The van der Waals surface area contributed by atoms with Gasteiger partial charge in [0.2, 0.25) is 0 Å². The van der Waals surface area contributed by atoms with E-state index in [1.54, 1.807) is 12.1 Å². The summed E-state index contributed by atoms with van der Waals surface area (Å²) in [5.41, 5.74) is -2.33. The zero-order valence-corrected chi connectivity index (χ0v) is 14.4. The van der Waals surface area contributed by atoms with Crippen LogP contribution < -0.4 is 9.47 Å². The first-order valence-electron chi connectivity index (χ1n) is 8.48. The first-order valence-corrected chi connectivity index (χ1v) is 8.48. The molecule has 134 valence electrons. The van der Waals surface area contributed by atoms with Gasteiger partial charge in [-0.3, -0.25) is 4.79 Å². The molecule has 0 saturated carbocycles. The second-order valence-electron chi connectivity index (χ2n) is 7.71. The van der Waals surface area contributed by atoms with E-state index in [-0.39, 0.29) is 18.1 Å². The Hall–Kier alpha value is -2.57. The van der Waals surface area contributed by atoms with Gasteiger partial charge in [-0.05, 0) is 38.1 Å². The third-order valence-electron chi connectivity index (χ3n) is 5.31.